The summed E-state index contributed by atoms with van der Waals surface area (Å²) in [6, 6.07) is 12.9. The summed E-state index contributed by atoms with van der Waals surface area (Å²) in [4.78, 5) is 0. The lowest BCUT2D eigenvalue weighted by atomic mass is 9.95. The van der Waals surface area contributed by atoms with Crippen LogP contribution >= 0.6 is 27.5 Å². The third-order valence-corrected chi connectivity index (χ3v) is 4.77. The first-order valence-corrected chi connectivity index (χ1v) is 8.31. The first-order valence-electron chi connectivity index (χ1n) is 7.08. The maximum atomic E-state index is 6.70. The van der Waals surface area contributed by atoms with E-state index in [1.165, 1.54) is 27.8 Å². The van der Waals surface area contributed by atoms with Gasteiger partial charge in [0.2, 0.25) is 0 Å². The lowest BCUT2D eigenvalue weighted by Gasteiger charge is -2.16. The van der Waals surface area contributed by atoms with Crippen LogP contribution in [0.15, 0.2) is 40.9 Å². The van der Waals surface area contributed by atoms with Crippen LogP contribution in [-0.4, -0.2) is 0 Å². The molecule has 2 rings (SSSR count). The van der Waals surface area contributed by atoms with Gasteiger partial charge in [0.1, 0.15) is 0 Å². The molecule has 0 aliphatic carbocycles. The van der Waals surface area contributed by atoms with Gasteiger partial charge in [-0.15, -0.1) is 11.6 Å². The Morgan fingerprint density at radius 1 is 1.00 bits per heavy atom. The molecule has 0 amide bonds. The van der Waals surface area contributed by atoms with E-state index in [1.807, 2.05) is 0 Å². The molecule has 0 fully saturated rings. The normalized spacial score (nSPS) is 12.4. The molecule has 0 heterocycles. The fraction of sp³-hybridized carbons (Fsp3) is 0.333. The first kappa shape index (κ1) is 15.6. The zero-order chi connectivity index (χ0) is 14.7. The highest BCUT2D eigenvalue weighted by Crippen LogP contribution is 2.33. The predicted molar refractivity (Wildman–Crippen MR) is 91.8 cm³/mol. The summed E-state index contributed by atoms with van der Waals surface area (Å²) in [6.45, 7) is 6.51. The van der Waals surface area contributed by atoms with Gasteiger partial charge in [0.15, 0.2) is 0 Å². The van der Waals surface area contributed by atoms with Crippen LogP contribution in [0.2, 0.25) is 0 Å². The van der Waals surface area contributed by atoms with Crippen LogP contribution in [0, 0.1) is 6.92 Å². The van der Waals surface area contributed by atoms with Gasteiger partial charge in [0, 0.05) is 4.47 Å². The molecule has 1 atom stereocenters. The molecule has 0 aromatic heterocycles. The van der Waals surface area contributed by atoms with Crippen LogP contribution in [0.1, 0.15) is 47.0 Å². The number of hydrogen-bond donors (Lipinski definition) is 0. The van der Waals surface area contributed by atoms with Crippen molar-refractivity contribution in [3.8, 4) is 0 Å². The van der Waals surface area contributed by atoms with Crippen molar-refractivity contribution in [3.05, 3.63) is 68.7 Å². The summed E-state index contributed by atoms with van der Waals surface area (Å²) in [5.41, 5.74) is 6.42. The first-order chi connectivity index (χ1) is 9.56. The van der Waals surface area contributed by atoms with Crippen LogP contribution in [-0.2, 0) is 12.8 Å². The smallest absolute Gasteiger partial charge is 0.0838 e. The van der Waals surface area contributed by atoms with Crippen LogP contribution < -0.4 is 0 Å². The summed E-state index contributed by atoms with van der Waals surface area (Å²) >= 11 is 10.2. The molecule has 106 valence electrons. The van der Waals surface area contributed by atoms with Crippen molar-refractivity contribution >= 4 is 27.5 Å². The Kier molecular flexibility index (Phi) is 5.29. The zero-order valence-corrected chi connectivity index (χ0v) is 14.6. The molecule has 0 nitrogen and oxygen atoms in total. The van der Waals surface area contributed by atoms with Crippen molar-refractivity contribution in [2.75, 3.05) is 0 Å². The second-order valence-corrected chi connectivity index (χ2v) is 6.45. The van der Waals surface area contributed by atoms with Gasteiger partial charge in [-0.25, -0.2) is 0 Å². The molecule has 0 N–H and O–H groups in total. The number of hydrogen-bond acceptors (Lipinski definition) is 0. The Morgan fingerprint density at radius 2 is 1.70 bits per heavy atom. The Labute approximate surface area is 135 Å². The van der Waals surface area contributed by atoms with Crippen molar-refractivity contribution in [2.24, 2.45) is 0 Å². The largest absolute Gasteiger partial charge is 0.113 e. The fourth-order valence-electron chi connectivity index (χ4n) is 2.58. The van der Waals surface area contributed by atoms with Crippen LogP contribution in [0.25, 0.3) is 0 Å². The third kappa shape index (κ3) is 3.27. The van der Waals surface area contributed by atoms with Gasteiger partial charge in [-0.2, -0.15) is 0 Å². The monoisotopic (exact) mass is 350 g/mol. The van der Waals surface area contributed by atoms with Gasteiger partial charge in [-0.05, 0) is 59.7 Å². The highest BCUT2D eigenvalue weighted by Gasteiger charge is 2.14. The maximum absolute atomic E-state index is 6.70. The highest BCUT2D eigenvalue weighted by molar-refractivity contribution is 9.10. The topological polar surface area (TPSA) is 0 Å². The molecule has 0 aliphatic heterocycles. The maximum Gasteiger partial charge on any atom is 0.0838 e. The SMILES string of the molecule is CCc1ccc(C(Cl)c2ccc(Br)cc2C)cc1CC. The molecular weight excluding hydrogens is 332 g/mol. The summed E-state index contributed by atoms with van der Waals surface area (Å²) in [5.74, 6) is 0. The van der Waals surface area contributed by atoms with Gasteiger partial charge in [0.05, 0.1) is 5.38 Å². The minimum atomic E-state index is -0.0840. The van der Waals surface area contributed by atoms with Crippen LogP contribution in [0.3, 0.4) is 0 Å². The Hall–Kier alpha value is -0.790. The van der Waals surface area contributed by atoms with Gasteiger partial charge in [-0.1, -0.05) is 54.0 Å². The van der Waals surface area contributed by atoms with Crippen molar-refractivity contribution in [1.29, 1.82) is 0 Å². The summed E-state index contributed by atoms with van der Waals surface area (Å²) in [5, 5.41) is -0.0840. The van der Waals surface area contributed by atoms with E-state index in [1.54, 1.807) is 0 Å². The van der Waals surface area contributed by atoms with Crippen LogP contribution in [0.5, 0.6) is 0 Å². The third-order valence-electron chi connectivity index (χ3n) is 3.79. The van der Waals surface area contributed by atoms with Gasteiger partial charge < -0.3 is 0 Å². The number of halogens is 2. The summed E-state index contributed by atoms with van der Waals surface area (Å²) in [7, 11) is 0. The number of alkyl halides is 1. The Bertz CT molecular complexity index is 604. The van der Waals surface area contributed by atoms with E-state index in [0.29, 0.717) is 0 Å². The Morgan fingerprint density at radius 3 is 2.30 bits per heavy atom. The predicted octanol–water partition coefficient (Wildman–Crippen LogP) is 6.21. The molecule has 2 heteroatoms. The fourth-order valence-corrected chi connectivity index (χ4v) is 3.44. The molecule has 0 bridgehead atoms. The Balaban J connectivity index is 2.40. The number of rotatable bonds is 4. The molecular formula is C18H20BrCl. The van der Waals surface area contributed by atoms with Gasteiger partial charge in [-0.3, -0.25) is 0 Å². The van der Waals surface area contributed by atoms with E-state index in [0.717, 1.165) is 17.3 Å². The average molecular weight is 352 g/mol. The molecule has 2 aromatic rings. The van der Waals surface area contributed by atoms with E-state index in [9.17, 15) is 0 Å². The lowest BCUT2D eigenvalue weighted by Crippen LogP contribution is -1.99. The van der Waals surface area contributed by atoms with Crippen molar-refractivity contribution in [2.45, 2.75) is 39.0 Å². The second-order valence-electron chi connectivity index (χ2n) is 5.10. The quantitative estimate of drug-likeness (QED) is 0.574. The number of aryl methyl sites for hydroxylation is 3. The number of benzene rings is 2. The van der Waals surface area contributed by atoms with Crippen molar-refractivity contribution in [1.82, 2.24) is 0 Å². The molecule has 0 saturated heterocycles. The molecule has 1 unspecified atom stereocenters. The van der Waals surface area contributed by atoms with E-state index in [2.05, 4.69) is 73.1 Å². The van der Waals surface area contributed by atoms with Gasteiger partial charge >= 0.3 is 0 Å². The molecule has 20 heavy (non-hydrogen) atoms. The zero-order valence-electron chi connectivity index (χ0n) is 12.2. The summed E-state index contributed by atoms with van der Waals surface area (Å²) < 4.78 is 1.10. The molecule has 0 spiro atoms. The van der Waals surface area contributed by atoms with Gasteiger partial charge in [0.25, 0.3) is 0 Å². The van der Waals surface area contributed by atoms with Crippen molar-refractivity contribution in [3.63, 3.8) is 0 Å². The van der Waals surface area contributed by atoms with E-state index in [-0.39, 0.29) is 5.38 Å². The van der Waals surface area contributed by atoms with E-state index in [4.69, 9.17) is 11.6 Å². The van der Waals surface area contributed by atoms with E-state index >= 15 is 0 Å². The van der Waals surface area contributed by atoms with Crippen LogP contribution in [0.4, 0.5) is 0 Å². The molecule has 0 radical (unpaired) electrons. The summed E-state index contributed by atoms with van der Waals surface area (Å²) in [6.07, 6.45) is 2.13. The lowest BCUT2D eigenvalue weighted by molar-refractivity contribution is 1.01. The van der Waals surface area contributed by atoms with Crippen molar-refractivity contribution < 1.29 is 0 Å². The standard InChI is InChI=1S/C18H20BrCl/c1-4-13-6-7-15(11-14(13)5-2)18(20)17-9-8-16(19)10-12(17)3/h6-11,18H,4-5H2,1-3H3. The highest BCUT2D eigenvalue weighted by atomic mass is 79.9. The minimum Gasteiger partial charge on any atom is -0.113 e. The minimum absolute atomic E-state index is 0.0840. The molecule has 2 aromatic carbocycles. The molecule has 0 aliphatic rings. The molecule has 0 saturated carbocycles. The average Bonchev–Trinajstić information content (AvgIpc) is 2.45. The van der Waals surface area contributed by atoms with E-state index < -0.39 is 0 Å². The second kappa shape index (κ2) is 6.78.